The van der Waals surface area contributed by atoms with Crippen molar-refractivity contribution < 1.29 is 4.79 Å². The van der Waals surface area contributed by atoms with E-state index in [1.165, 1.54) is 11.8 Å². The Morgan fingerprint density at radius 1 is 1.50 bits per heavy atom. The van der Waals surface area contributed by atoms with Crippen LogP contribution in [0.3, 0.4) is 0 Å². The SMILES string of the molecule is CCCNC(=O)[C@H](C)Sc1n[nH]c(-c2ccccn2)n1. The van der Waals surface area contributed by atoms with Gasteiger partial charge in [-0.3, -0.25) is 14.9 Å². The van der Waals surface area contributed by atoms with Crippen LogP contribution >= 0.6 is 11.8 Å². The maximum absolute atomic E-state index is 11.8. The first-order chi connectivity index (χ1) is 9.70. The predicted molar refractivity (Wildman–Crippen MR) is 78.2 cm³/mol. The number of aromatic amines is 1. The molecule has 0 unspecified atom stereocenters. The summed E-state index contributed by atoms with van der Waals surface area (Å²) in [4.78, 5) is 20.3. The van der Waals surface area contributed by atoms with Gasteiger partial charge in [-0.15, -0.1) is 5.10 Å². The van der Waals surface area contributed by atoms with Crippen molar-refractivity contribution in [1.82, 2.24) is 25.5 Å². The van der Waals surface area contributed by atoms with Crippen LogP contribution in [0.2, 0.25) is 0 Å². The van der Waals surface area contributed by atoms with E-state index in [4.69, 9.17) is 0 Å². The first-order valence-electron chi connectivity index (χ1n) is 6.49. The van der Waals surface area contributed by atoms with E-state index < -0.39 is 0 Å². The molecule has 0 spiro atoms. The number of pyridine rings is 1. The molecular formula is C13H17N5OS. The molecule has 0 saturated heterocycles. The lowest BCUT2D eigenvalue weighted by atomic mass is 10.3. The van der Waals surface area contributed by atoms with Crippen LogP contribution in [0.25, 0.3) is 11.5 Å². The molecule has 0 aliphatic heterocycles. The molecular weight excluding hydrogens is 274 g/mol. The van der Waals surface area contributed by atoms with Crippen molar-refractivity contribution in [1.29, 1.82) is 0 Å². The molecule has 2 aromatic rings. The molecule has 7 heteroatoms. The van der Waals surface area contributed by atoms with Crippen molar-refractivity contribution >= 4 is 17.7 Å². The number of rotatable bonds is 6. The molecule has 1 atom stereocenters. The quantitative estimate of drug-likeness (QED) is 0.794. The van der Waals surface area contributed by atoms with Crippen LogP contribution in [0, 0.1) is 0 Å². The molecule has 0 aliphatic rings. The van der Waals surface area contributed by atoms with Gasteiger partial charge in [0.2, 0.25) is 11.1 Å². The second-order valence-electron chi connectivity index (χ2n) is 4.23. The fraction of sp³-hybridized carbons (Fsp3) is 0.385. The van der Waals surface area contributed by atoms with Gasteiger partial charge in [-0.05, 0) is 25.5 Å². The van der Waals surface area contributed by atoms with Crippen molar-refractivity contribution in [3.63, 3.8) is 0 Å². The molecule has 2 rings (SSSR count). The fourth-order valence-electron chi connectivity index (χ4n) is 1.52. The molecule has 0 fully saturated rings. The minimum absolute atomic E-state index is 0.000959. The number of nitrogens with one attached hydrogen (secondary N) is 2. The van der Waals surface area contributed by atoms with E-state index in [0.29, 0.717) is 17.5 Å². The number of hydrogen-bond donors (Lipinski definition) is 2. The van der Waals surface area contributed by atoms with Crippen molar-refractivity contribution in [2.75, 3.05) is 6.54 Å². The maximum atomic E-state index is 11.8. The first-order valence-corrected chi connectivity index (χ1v) is 7.37. The smallest absolute Gasteiger partial charge is 0.233 e. The third-order valence-electron chi connectivity index (χ3n) is 2.57. The van der Waals surface area contributed by atoms with Crippen LogP contribution in [-0.2, 0) is 4.79 Å². The Bertz CT molecular complexity index is 557. The minimum atomic E-state index is -0.228. The number of nitrogens with zero attached hydrogens (tertiary/aromatic N) is 3. The van der Waals surface area contributed by atoms with Gasteiger partial charge in [-0.1, -0.05) is 24.8 Å². The highest BCUT2D eigenvalue weighted by atomic mass is 32.2. The average molecular weight is 291 g/mol. The lowest BCUT2D eigenvalue weighted by molar-refractivity contribution is -0.120. The second-order valence-corrected chi connectivity index (χ2v) is 5.54. The Labute approximate surface area is 121 Å². The fourth-order valence-corrected chi connectivity index (χ4v) is 2.27. The Morgan fingerprint density at radius 2 is 2.35 bits per heavy atom. The van der Waals surface area contributed by atoms with Gasteiger partial charge in [-0.2, -0.15) is 4.98 Å². The highest BCUT2D eigenvalue weighted by Crippen LogP contribution is 2.21. The molecule has 2 N–H and O–H groups in total. The van der Waals surface area contributed by atoms with Crippen molar-refractivity contribution in [2.45, 2.75) is 30.7 Å². The number of amides is 1. The van der Waals surface area contributed by atoms with Gasteiger partial charge in [0.05, 0.1) is 5.25 Å². The lowest BCUT2D eigenvalue weighted by Gasteiger charge is -2.08. The molecule has 0 aromatic carbocycles. The molecule has 0 bridgehead atoms. The molecule has 6 nitrogen and oxygen atoms in total. The summed E-state index contributed by atoms with van der Waals surface area (Å²) in [5.41, 5.74) is 0.731. The van der Waals surface area contributed by atoms with Gasteiger partial charge in [0.15, 0.2) is 5.82 Å². The van der Waals surface area contributed by atoms with E-state index in [0.717, 1.165) is 12.1 Å². The summed E-state index contributed by atoms with van der Waals surface area (Å²) in [7, 11) is 0. The van der Waals surface area contributed by atoms with E-state index in [9.17, 15) is 4.79 Å². The van der Waals surface area contributed by atoms with Crippen molar-refractivity contribution in [3.05, 3.63) is 24.4 Å². The van der Waals surface area contributed by atoms with Crippen molar-refractivity contribution in [2.24, 2.45) is 0 Å². The molecule has 1 amide bonds. The summed E-state index contributed by atoms with van der Waals surface area (Å²) >= 11 is 1.32. The minimum Gasteiger partial charge on any atom is -0.355 e. The van der Waals surface area contributed by atoms with Gasteiger partial charge >= 0.3 is 0 Å². The van der Waals surface area contributed by atoms with Crippen LogP contribution in [-0.4, -0.2) is 37.9 Å². The van der Waals surface area contributed by atoms with E-state index in [1.54, 1.807) is 6.20 Å². The summed E-state index contributed by atoms with van der Waals surface area (Å²) < 4.78 is 0. The Morgan fingerprint density at radius 3 is 3.05 bits per heavy atom. The second kappa shape index (κ2) is 7.04. The predicted octanol–water partition coefficient (Wildman–Crippen LogP) is 1.87. The lowest BCUT2D eigenvalue weighted by Crippen LogP contribution is -2.31. The Balaban J connectivity index is 1.98. The Hall–Kier alpha value is -1.89. The van der Waals surface area contributed by atoms with Crippen molar-refractivity contribution in [3.8, 4) is 11.5 Å². The molecule has 0 saturated carbocycles. The average Bonchev–Trinajstić information content (AvgIpc) is 2.94. The molecule has 20 heavy (non-hydrogen) atoms. The molecule has 2 heterocycles. The summed E-state index contributed by atoms with van der Waals surface area (Å²) in [6.45, 7) is 4.55. The highest BCUT2D eigenvalue weighted by molar-refractivity contribution is 8.00. The summed E-state index contributed by atoms with van der Waals surface area (Å²) in [5, 5.41) is 10.1. The number of thioether (sulfide) groups is 1. The number of carbonyl (C=O) groups excluding carboxylic acids is 1. The van der Waals surface area contributed by atoms with Gasteiger partial charge in [0.25, 0.3) is 0 Å². The standard InChI is InChI=1S/C13H17N5OS/c1-3-7-15-12(19)9(2)20-13-16-11(17-18-13)10-6-4-5-8-14-10/h4-6,8-9H,3,7H2,1-2H3,(H,15,19)(H,16,17,18)/t9-/m0/s1. The normalized spacial score (nSPS) is 12.1. The zero-order valence-corrected chi connectivity index (χ0v) is 12.3. The third-order valence-corrected chi connectivity index (χ3v) is 3.53. The summed E-state index contributed by atoms with van der Waals surface area (Å²) in [6.07, 6.45) is 2.62. The molecule has 2 aromatic heterocycles. The summed E-state index contributed by atoms with van der Waals surface area (Å²) in [6, 6.07) is 5.58. The van der Waals surface area contributed by atoms with E-state index in [1.807, 2.05) is 32.0 Å². The van der Waals surface area contributed by atoms with E-state index >= 15 is 0 Å². The van der Waals surface area contributed by atoms with Crippen LogP contribution in [0.15, 0.2) is 29.6 Å². The van der Waals surface area contributed by atoms with Gasteiger partial charge < -0.3 is 5.32 Å². The summed E-state index contributed by atoms with van der Waals surface area (Å²) in [5.74, 6) is 0.607. The number of aromatic nitrogens is 4. The number of hydrogen-bond acceptors (Lipinski definition) is 5. The largest absolute Gasteiger partial charge is 0.355 e. The van der Waals surface area contributed by atoms with Crippen LogP contribution < -0.4 is 5.32 Å². The molecule has 106 valence electrons. The number of H-pyrrole nitrogens is 1. The maximum Gasteiger partial charge on any atom is 0.233 e. The molecule has 0 aliphatic carbocycles. The first kappa shape index (κ1) is 14.5. The zero-order chi connectivity index (χ0) is 14.4. The van der Waals surface area contributed by atoms with Gasteiger partial charge in [-0.25, -0.2) is 0 Å². The van der Waals surface area contributed by atoms with Gasteiger partial charge in [0, 0.05) is 12.7 Å². The van der Waals surface area contributed by atoms with E-state index in [2.05, 4.69) is 25.5 Å². The van der Waals surface area contributed by atoms with Crippen LogP contribution in [0.4, 0.5) is 0 Å². The third kappa shape index (κ3) is 3.80. The molecule has 0 radical (unpaired) electrons. The highest BCUT2D eigenvalue weighted by Gasteiger charge is 2.16. The Kier molecular flexibility index (Phi) is 5.11. The monoisotopic (exact) mass is 291 g/mol. The van der Waals surface area contributed by atoms with Gasteiger partial charge in [0.1, 0.15) is 5.69 Å². The van der Waals surface area contributed by atoms with Crippen LogP contribution in [0.5, 0.6) is 0 Å². The topological polar surface area (TPSA) is 83.6 Å². The number of carbonyl (C=O) groups is 1. The van der Waals surface area contributed by atoms with Crippen LogP contribution in [0.1, 0.15) is 20.3 Å². The van der Waals surface area contributed by atoms with E-state index in [-0.39, 0.29) is 11.2 Å². The zero-order valence-electron chi connectivity index (χ0n) is 11.5.